The quantitative estimate of drug-likeness (QED) is 0.418. The number of aryl methyl sites for hydroxylation is 1. The van der Waals surface area contributed by atoms with E-state index in [2.05, 4.69) is 45.9 Å². The monoisotopic (exact) mass is 390 g/mol. The Hall–Kier alpha value is -3.86. The molecule has 0 bridgehead atoms. The molecule has 0 radical (unpaired) electrons. The molecular weight excluding hydrogens is 376 g/mol. The molecule has 5 heterocycles. The number of hydrogen-bond donors (Lipinski definition) is 3. The highest BCUT2D eigenvalue weighted by atomic mass is 32.1. The van der Waals surface area contributed by atoms with Gasteiger partial charge in [0, 0.05) is 29.9 Å². The van der Waals surface area contributed by atoms with Crippen LogP contribution in [-0.4, -0.2) is 39.7 Å². The van der Waals surface area contributed by atoms with E-state index in [4.69, 9.17) is 0 Å². The van der Waals surface area contributed by atoms with Gasteiger partial charge in [0.25, 0.3) is 0 Å². The molecule has 0 aliphatic carbocycles. The zero-order chi connectivity index (χ0) is 18.9. The number of fused-ring (bicyclic) bond motifs is 1. The van der Waals surface area contributed by atoms with Crippen LogP contribution in [0.25, 0.3) is 17.0 Å². The molecule has 0 unspecified atom stereocenters. The first-order chi connectivity index (χ1) is 13.8. The Balaban J connectivity index is 1.64. The number of anilines is 4. The van der Waals surface area contributed by atoms with Crippen molar-refractivity contribution in [2.45, 2.75) is 6.92 Å². The Bertz CT molecular complexity index is 1230. The van der Waals surface area contributed by atoms with Gasteiger partial charge in [0.1, 0.15) is 23.2 Å². The first-order valence-corrected chi connectivity index (χ1v) is 9.27. The number of H-pyrrole nitrogens is 1. The van der Waals surface area contributed by atoms with E-state index in [9.17, 15) is 0 Å². The lowest BCUT2D eigenvalue weighted by atomic mass is 10.2. The zero-order valence-electron chi connectivity index (χ0n) is 14.7. The topological polar surface area (TPSA) is 122 Å². The lowest BCUT2D eigenvalue weighted by molar-refractivity contribution is 0.932. The maximum atomic E-state index is 4.65. The summed E-state index contributed by atoms with van der Waals surface area (Å²) >= 11 is 1.50. The molecule has 138 valence electrons. The molecule has 0 saturated carbocycles. The number of nitrogens with zero attached hydrogens (tertiary/aromatic N) is 7. The lowest BCUT2D eigenvalue weighted by Gasteiger charge is -2.08. The van der Waals surface area contributed by atoms with Gasteiger partial charge in [-0.2, -0.15) is 10.2 Å². The molecule has 5 aromatic rings. The van der Waals surface area contributed by atoms with Crippen molar-refractivity contribution in [1.29, 1.82) is 0 Å². The van der Waals surface area contributed by atoms with Gasteiger partial charge in [0.2, 0.25) is 0 Å². The Morgan fingerprint density at radius 2 is 2.04 bits per heavy atom. The SMILES string of the molecule is Cc1nc(Nc2nccs2)cc(-c2c(Nc3ccn[nH]3)nc3cccnn23)n1. The van der Waals surface area contributed by atoms with E-state index in [-0.39, 0.29) is 0 Å². The summed E-state index contributed by atoms with van der Waals surface area (Å²) in [5.41, 5.74) is 2.10. The molecule has 0 fully saturated rings. The number of rotatable bonds is 5. The van der Waals surface area contributed by atoms with Crippen LogP contribution in [0.1, 0.15) is 5.82 Å². The Labute approximate surface area is 162 Å². The van der Waals surface area contributed by atoms with E-state index in [0.29, 0.717) is 28.8 Å². The van der Waals surface area contributed by atoms with E-state index >= 15 is 0 Å². The minimum absolute atomic E-state index is 0.612. The minimum atomic E-state index is 0.612. The van der Waals surface area contributed by atoms with Gasteiger partial charge >= 0.3 is 0 Å². The molecule has 11 heteroatoms. The van der Waals surface area contributed by atoms with Gasteiger partial charge in [-0.1, -0.05) is 0 Å². The smallest absolute Gasteiger partial charge is 0.188 e. The van der Waals surface area contributed by atoms with Gasteiger partial charge < -0.3 is 10.6 Å². The van der Waals surface area contributed by atoms with E-state index in [1.54, 1.807) is 23.1 Å². The average Bonchev–Trinajstić information content (AvgIpc) is 3.42. The number of imidazole rings is 1. The van der Waals surface area contributed by atoms with Crippen LogP contribution in [0.4, 0.5) is 22.6 Å². The first-order valence-electron chi connectivity index (χ1n) is 8.39. The third-order valence-corrected chi connectivity index (χ3v) is 4.58. The fraction of sp³-hybridized carbons (Fsp3) is 0.0588. The Morgan fingerprint density at radius 3 is 2.86 bits per heavy atom. The molecule has 5 rings (SSSR count). The number of nitrogens with one attached hydrogen (secondary N) is 3. The maximum Gasteiger partial charge on any atom is 0.188 e. The van der Waals surface area contributed by atoms with Gasteiger partial charge in [-0.25, -0.2) is 24.5 Å². The average molecular weight is 390 g/mol. The minimum Gasteiger partial charge on any atom is -0.323 e. The lowest BCUT2D eigenvalue weighted by Crippen LogP contribution is -2.02. The third kappa shape index (κ3) is 3.03. The molecule has 0 saturated heterocycles. The second-order valence-corrected chi connectivity index (χ2v) is 6.74. The molecule has 0 amide bonds. The van der Waals surface area contributed by atoms with Gasteiger partial charge in [0.05, 0.1) is 11.9 Å². The summed E-state index contributed by atoms with van der Waals surface area (Å²) in [6.07, 6.45) is 5.12. The summed E-state index contributed by atoms with van der Waals surface area (Å²) in [6.45, 7) is 1.84. The van der Waals surface area contributed by atoms with Crippen LogP contribution < -0.4 is 10.6 Å². The highest BCUT2D eigenvalue weighted by molar-refractivity contribution is 7.13. The van der Waals surface area contributed by atoms with Crippen LogP contribution in [0.5, 0.6) is 0 Å². The van der Waals surface area contributed by atoms with E-state index in [0.717, 1.165) is 16.6 Å². The summed E-state index contributed by atoms with van der Waals surface area (Å²) in [6, 6.07) is 7.40. The molecule has 5 aromatic heterocycles. The second kappa shape index (κ2) is 6.70. The Morgan fingerprint density at radius 1 is 1.07 bits per heavy atom. The predicted octanol–water partition coefficient (Wildman–Crippen LogP) is 3.16. The normalized spacial score (nSPS) is 11.0. The molecule has 0 atom stereocenters. The van der Waals surface area contributed by atoms with Crippen LogP contribution in [0.15, 0.2) is 48.2 Å². The van der Waals surface area contributed by atoms with Crippen molar-refractivity contribution in [3.05, 3.63) is 54.1 Å². The van der Waals surface area contributed by atoms with Crippen molar-refractivity contribution < 1.29 is 0 Å². The standard InChI is InChI=1S/C17H14N10S/c1-10-21-11(9-13(22-10)24-17-18-7-8-28-17)15-16(23-12-4-6-19-26-12)25-14-3-2-5-20-27(14)15/h2-9H,1H3,(H2,19,23,26)(H,18,21,22,24). The fourth-order valence-corrected chi connectivity index (χ4v) is 3.34. The predicted molar refractivity (Wildman–Crippen MR) is 106 cm³/mol. The number of hydrogen-bond acceptors (Lipinski definition) is 9. The molecule has 3 N–H and O–H groups in total. The summed E-state index contributed by atoms with van der Waals surface area (Å²) in [5.74, 6) is 2.60. The fourth-order valence-electron chi connectivity index (χ4n) is 2.81. The molecular formula is C17H14N10S. The van der Waals surface area contributed by atoms with E-state index in [1.807, 2.05) is 36.6 Å². The van der Waals surface area contributed by atoms with Crippen molar-refractivity contribution in [1.82, 2.24) is 39.7 Å². The van der Waals surface area contributed by atoms with Gasteiger partial charge in [-0.15, -0.1) is 11.3 Å². The van der Waals surface area contributed by atoms with E-state index in [1.165, 1.54) is 11.3 Å². The van der Waals surface area contributed by atoms with Crippen molar-refractivity contribution in [3.8, 4) is 11.4 Å². The molecule has 0 spiro atoms. The maximum absolute atomic E-state index is 4.65. The Kier molecular flexibility index (Phi) is 3.91. The molecule has 10 nitrogen and oxygen atoms in total. The zero-order valence-corrected chi connectivity index (χ0v) is 15.5. The van der Waals surface area contributed by atoms with Crippen molar-refractivity contribution in [2.24, 2.45) is 0 Å². The van der Waals surface area contributed by atoms with Crippen molar-refractivity contribution in [2.75, 3.05) is 10.6 Å². The van der Waals surface area contributed by atoms with Crippen LogP contribution in [0, 0.1) is 6.92 Å². The third-order valence-electron chi connectivity index (χ3n) is 3.89. The first kappa shape index (κ1) is 16.3. The van der Waals surface area contributed by atoms with Crippen LogP contribution in [0.2, 0.25) is 0 Å². The number of aromatic amines is 1. The van der Waals surface area contributed by atoms with Crippen molar-refractivity contribution >= 4 is 39.6 Å². The second-order valence-electron chi connectivity index (χ2n) is 5.85. The number of thiazole rings is 1. The van der Waals surface area contributed by atoms with Crippen LogP contribution in [0.3, 0.4) is 0 Å². The van der Waals surface area contributed by atoms with Gasteiger partial charge in [-0.05, 0) is 19.1 Å². The number of aromatic nitrogens is 8. The van der Waals surface area contributed by atoms with Crippen molar-refractivity contribution in [3.63, 3.8) is 0 Å². The molecule has 28 heavy (non-hydrogen) atoms. The van der Waals surface area contributed by atoms with Gasteiger partial charge in [0.15, 0.2) is 16.6 Å². The largest absolute Gasteiger partial charge is 0.323 e. The molecule has 0 aliphatic heterocycles. The van der Waals surface area contributed by atoms with E-state index < -0.39 is 0 Å². The van der Waals surface area contributed by atoms with Crippen LogP contribution in [-0.2, 0) is 0 Å². The molecule has 0 aliphatic rings. The van der Waals surface area contributed by atoms with Gasteiger partial charge in [-0.3, -0.25) is 5.10 Å². The highest BCUT2D eigenvalue weighted by Gasteiger charge is 2.18. The summed E-state index contributed by atoms with van der Waals surface area (Å²) in [5, 5.41) is 20.4. The van der Waals surface area contributed by atoms with Crippen LogP contribution >= 0.6 is 11.3 Å². The highest BCUT2D eigenvalue weighted by Crippen LogP contribution is 2.30. The molecule has 0 aromatic carbocycles. The summed E-state index contributed by atoms with van der Waals surface area (Å²) in [4.78, 5) is 18.0. The summed E-state index contributed by atoms with van der Waals surface area (Å²) < 4.78 is 1.74. The summed E-state index contributed by atoms with van der Waals surface area (Å²) in [7, 11) is 0.